The number of aliphatic hydroxyl groups excluding tert-OH is 1. The van der Waals surface area contributed by atoms with Crippen molar-refractivity contribution in [1.82, 2.24) is 0 Å². The van der Waals surface area contributed by atoms with E-state index in [-0.39, 0.29) is 0 Å². The standard InChI is InChI=1S/C14H16O3/c1-5-10-6-8-11(9-7-10)14(2,3)12(15)13(16)17-4/h1,6-9,12,15H,2-4H3. The van der Waals surface area contributed by atoms with Gasteiger partial charge in [0.25, 0.3) is 0 Å². The first kappa shape index (κ1) is 13.3. The van der Waals surface area contributed by atoms with Gasteiger partial charge in [0.2, 0.25) is 0 Å². The first-order valence-corrected chi connectivity index (χ1v) is 5.26. The number of terminal acetylenes is 1. The largest absolute Gasteiger partial charge is 0.467 e. The molecule has 1 N–H and O–H groups in total. The predicted molar refractivity (Wildman–Crippen MR) is 65.4 cm³/mol. The molecule has 1 aromatic carbocycles. The lowest BCUT2D eigenvalue weighted by atomic mass is 9.79. The Morgan fingerprint density at radius 2 is 1.94 bits per heavy atom. The zero-order valence-corrected chi connectivity index (χ0v) is 10.2. The van der Waals surface area contributed by atoms with Crippen molar-refractivity contribution in [3.05, 3.63) is 35.4 Å². The molecule has 0 aliphatic rings. The number of carbonyl (C=O) groups is 1. The lowest BCUT2D eigenvalue weighted by molar-refractivity contribution is -0.153. The Morgan fingerprint density at radius 1 is 1.41 bits per heavy atom. The molecular weight excluding hydrogens is 216 g/mol. The number of ether oxygens (including phenoxy) is 1. The summed E-state index contributed by atoms with van der Waals surface area (Å²) in [5, 5.41) is 9.91. The van der Waals surface area contributed by atoms with Crippen molar-refractivity contribution in [3.63, 3.8) is 0 Å². The maximum Gasteiger partial charge on any atom is 0.335 e. The van der Waals surface area contributed by atoms with Gasteiger partial charge in [-0.2, -0.15) is 0 Å². The van der Waals surface area contributed by atoms with Gasteiger partial charge in [0, 0.05) is 11.0 Å². The quantitative estimate of drug-likeness (QED) is 0.634. The van der Waals surface area contributed by atoms with Gasteiger partial charge >= 0.3 is 5.97 Å². The highest BCUT2D eigenvalue weighted by Gasteiger charge is 2.35. The molecule has 90 valence electrons. The second kappa shape index (κ2) is 5.03. The van der Waals surface area contributed by atoms with Crippen LogP contribution in [-0.4, -0.2) is 24.3 Å². The van der Waals surface area contributed by atoms with Crippen LogP contribution in [0.15, 0.2) is 24.3 Å². The number of rotatable bonds is 3. The van der Waals surface area contributed by atoms with E-state index < -0.39 is 17.5 Å². The third kappa shape index (κ3) is 2.66. The molecule has 0 heterocycles. The highest BCUT2D eigenvalue weighted by atomic mass is 16.5. The van der Waals surface area contributed by atoms with E-state index in [2.05, 4.69) is 10.7 Å². The minimum absolute atomic E-state index is 0.643. The molecule has 17 heavy (non-hydrogen) atoms. The molecule has 0 aromatic heterocycles. The summed E-state index contributed by atoms with van der Waals surface area (Å²) in [7, 11) is 1.25. The number of hydrogen-bond acceptors (Lipinski definition) is 3. The Hall–Kier alpha value is -1.79. The highest BCUT2D eigenvalue weighted by Crippen LogP contribution is 2.28. The summed E-state index contributed by atoms with van der Waals surface area (Å²) in [5.41, 5.74) is 0.867. The molecule has 3 heteroatoms. The van der Waals surface area contributed by atoms with Crippen molar-refractivity contribution in [2.75, 3.05) is 7.11 Å². The van der Waals surface area contributed by atoms with E-state index in [0.717, 1.165) is 11.1 Å². The van der Waals surface area contributed by atoms with Crippen LogP contribution in [0.25, 0.3) is 0 Å². The average molecular weight is 232 g/mol. The summed E-state index contributed by atoms with van der Waals surface area (Å²) >= 11 is 0. The normalized spacial score (nSPS) is 12.6. The van der Waals surface area contributed by atoms with Crippen LogP contribution >= 0.6 is 0 Å². The Kier molecular flexibility index (Phi) is 3.93. The van der Waals surface area contributed by atoms with E-state index >= 15 is 0 Å². The topological polar surface area (TPSA) is 46.5 Å². The van der Waals surface area contributed by atoms with E-state index in [1.165, 1.54) is 7.11 Å². The van der Waals surface area contributed by atoms with Gasteiger partial charge < -0.3 is 9.84 Å². The number of benzene rings is 1. The third-order valence-electron chi connectivity index (χ3n) is 2.90. The van der Waals surface area contributed by atoms with Crippen LogP contribution in [0.3, 0.4) is 0 Å². The Bertz CT molecular complexity index is 438. The Morgan fingerprint density at radius 3 is 2.35 bits per heavy atom. The number of aliphatic hydroxyl groups is 1. The molecule has 0 saturated heterocycles. The van der Waals surface area contributed by atoms with E-state index in [1.807, 2.05) is 0 Å². The van der Waals surface area contributed by atoms with E-state index in [0.29, 0.717) is 0 Å². The minimum Gasteiger partial charge on any atom is -0.467 e. The highest BCUT2D eigenvalue weighted by molar-refractivity contribution is 5.76. The lowest BCUT2D eigenvalue weighted by Gasteiger charge is -2.29. The monoisotopic (exact) mass is 232 g/mol. The fraction of sp³-hybridized carbons (Fsp3) is 0.357. The maximum atomic E-state index is 11.4. The number of hydrogen-bond donors (Lipinski definition) is 1. The van der Waals surface area contributed by atoms with Gasteiger partial charge in [0.1, 0.15) is 0 Å². The van der Waals surface area contributed by atoms with Gasteiger partial charge in [-0.3, -0.25) is 0 Å². The van der Waals surface area contributed by atoms with Crippen LogP contribution in [0, 0.1) is 12.3 Å². The van der Waals surface area contributed by atoms with Gasteiger partial charge in [-0.05, 0) is 17.7 Å². The minimum atomic E-state index is -1.20. The summed E-state index contributed by atoms with van der Waals surface area (Å²) < 4.78 is 4.54. The second-order valence-electron chi connectivity index (χ2n) is 4.37. The van der Waals surface area contributed by atoms with Crippen LogP contribution in [-0.2, 0) is 14.9 Å². The smallest absolute Gasteiger partial charge is 0.335 e. The van der Waals surface area contributed by atoms with Gasteiger partial charge in [0.05, 0.1) is 7.11 Å². The molecule has 0 fully saturated rings. The second-order valence-corrected chi connectivity index (χ2v) is 4.37. The SMILES string of the molecule is C#Cc1ccc(C(C)(C)C(O)C(=O)OC)cc1. The summed E-state index contributed by atoms with van der Waals surface area (Å²) in [6, 6.07) is 7.17. The molecule has 3 nitrogen and oxygen atoms in total. The molecule has 1 atom stereocenters. The zero-order chi connectivity index (χ0) is 13.1. The molecular formula is C14H16O3. The van der Waals surface area contributed by atoms with Gasteiger partial charge in [0.15, 0.2) is 6.10 Å². The van der Waals surface area contributed by atoms with Crippen molar-refractivity contribution in [2.24, 2.45) is 0 Å². The van der Waals surface area contributed by atoms with Crippen molar-refractivity contribution in [3.8, 4) is 12.3 Å². The maximum absolute atomic E-state index is 11.4. The zero-order valence-electron chi connectivity index (χ0n) is 10.2. The molecule has 0 saturated carbocycles. The molecule has 0 bridgehead atoms. The Balaban J connectivity index is 3.04. The van der Waals surface area contributed by atoms with E-state index in [1.54, 1.807) is 38.1 Å². The first-order chi connectivity index (χ1) is 7.93. The number of carbonyl (C=O) groups excluding carboxylic acids is 1. The lowest BCUT2D eigenvalue weighted by Crippen LogP contribution is -2.40. The fourth-order valence-corrected chi connectivity index (χ4v) is 1.56. The first-order valence-electron chi connectivity index (χ1n) is 5.26. The third-order valence-corrected chi connectivity index (χ3v) is 2.90. The average Bonchev–Trinajstić information content (AvgIpc) is 2.36. The molecule has 0 radical (unpaired) electrons. The molecule has 1 unspecified atom stereocenters. The van der Waals surface area contributed by atoms with Crippen LogP contribution < -0.4 is 0 Å². The molecule has 1 rings (SSSR count). The summed E-state index contributed by atoms with van der Waals surface area (Å²) in [4.78, 5) is 11.4. The van der Waals surface area contributed by atoms with Gasteiger partial charge in [-0.1, -0.05) is 31.9 Å². The number of methoxy groups -OCH3 is 1. The molecule has 1 aromatic rings. The summed E-state index contributed by atoms with van der Waals surface area (Å²) in [5.74, 6) is 1.87. The van der Waals surface area contributed by atoms with Crippen LogP contribution in [0.4, 0.5) is 0 Å². The van der Waals surface area contributed by atoms with Gasteiger partial charge in [-0.25, -0.2) is 4.79 Å². The molecule has 0 aliphatic heterocycles. The molecule has 0 amide bonds. The van der Waals surface area contributed by atoms with E-state index in [9.17, 15) is 9.90 Å². The summed E-state index contributed by atoms with van der Waals surface area (Å²) in [6.07, 6.45) is 4.06. The van der Waals surface area contributed by atoms with Crippen molar-refractivity contribution in [1.29, 1.82) is 0 Å². The van der Waals surface area contributed by atoms with Crippen molar-refractivity contribution < 1.29 is 14.6 Å². The van der Waals surface area contributed by atoms with Crippen LogP contribution in [0.5, 0.6) is 0 Å². The van der Waals surface area contributed by atoms with E-state index in [4.69, 9.17) is 6.42 Å². The summed E-state index contributed by atoms with van der Waals surface area (Å²) in [6.45, 7) is 3.55. The van der Waals surface area contributed by atoms with Crippen LogP contribution in [0.1, 0.15) is 25.0 Å². The fourth-order valence-electron chi connectivity index (χ4n) is 1.56. The van der Waals surface area contributed by atoms with Crippen molar-refractivity contribution >= 4 is 5.97 Å². The van der Waals surface area contributed by atoms with Crippen LogP contribution in [0.2, 0.25) is 0 Å². The predicted octanol–water partition coefficient (Wildman–Crippen LogP) is 1.48. The number of esters is 1. The molecule has 0 aliphatic carbocycles. The Labute approximate surface area is 101 Å². The van der Waals surface area contributed by atoms with Gasteiger partial charge in [-0.15, -0.1) is 6.42 Å². The molecule has 0 spiro atoms. The van der Waals surface area contributed by atoms with Crippen molar-refractivity contribution in [2.45, 2.75) is 25.4 Å².